The summed E-state index contributed by atoms with van der Waals surface area (Å²) in [6, 6.07) is 12.6. The number of furan rings is 1. The molecule has 0 radical (unpaired) electrons. The Hall–Kier alpha value is -1.74. The van der Waals surface area contributed by atoms with Crippen LogP contribution in [0.15, 0.2) is 40.8 Å². The van der Waals surface area contributed by atoms with Crippen LogP contribution in [-0.4, -0.2) is 7.05 Å². The Balaban J connectivity index is 2.05. The van der Waals surface area contributed by atoms with Crippen LogP contribution in [0, 0.1) is 6.92 Å². The van der Waals surface area contributed by atoms with Gasteiger partial charge in [0, 0.05) is 18.8 Å². The molecule has 0 aliphatic carbocycles. The third-order valence-corrected chi connectivity index (χ3v) is 3.39. The fourth-order valence-electron chi connectivity index (χ4n) is 2.11. The van der Waals surface area contributed by atoms with Gasteiger partial charge in [-0.25, -0.2) is 0 Å². The molecule has 0 aliphatic rings. The number of hydrogen-bond donors (Lipinski definition) is 1. The van der Waals surface area contributed by atoms with E-state index < -0.39 is 0 Å². The van der Waals surface area contributed by atoms with Gasteiger partial charge in [0.2, 0.25) is 0 Å². The van der Waals surface area contributed by atoms with E-state index in [1.54, 1.807) is 0 Å². The molecule has 0 bridgehead atoms. The third kappa shape index (κ3) is 3.38. The minimum Gasteiger partial charge on any atom is -0.464 e. The van der Waals surface area contributed by atoms with Crippen LogP contribution < -0.4 is 10.6 Å². The molecule has 1 atom stereocenters. The summed E-state index contributed by atoms with van der Waals surface area (Å²) in [5.74, 6) is 1.93. The lowest BCUT2D eigenvalue weighted by atomic mass is 10.1. The average molecular weight is 258 g/mol. The Bertz CT molecular complexity index is 516. The maximum atomic E-state index is 6.02. The Kier molecular flexibility index (Phi) is 4.27. The molecule has 2 rings (SSSR count). The van der Waals surface area contributed by atoms with E-state index in [-0.39, 0.29) is 6.04 Å². The zero-order valence-electron chi connectivity index (χ0n) is 11.9. The van der Waals surface area contributed by atoms with Crippen molar-refractivity contribution in [2.45, 2.75) is 32.9 Å². The maximum absolute atomic E-state index is 6.02. The zero-order chi connectivity index (χ0) is 13.8. The highest BCUT2D eigenvalue weighted by Gasteiger charge is 2.07. The second-order valence-electron chi connectivity index (χ2n) is 4.97. The molecular formula is C16H22N2O. The first kappa shape index (κ1) is 13.7. The highest BCUT2D eigenvalue weighted by Crippen LogP contribution is 2.20. The van der Waals surface area contributed by atoms with Gasteiger partial charge in [-0.1, -0.05) is 19.1 Å². The molecule has 1 aromatic heterocycles. The van der Waals surface area contributed by atoms with Gasteiger partial charge in [-0.05, 0) is 43.2 Å². The molecule has 102 valence electrons. The first-order chi connectivity index (χ1) is 9.10. The minimum atomic E-state index is 0.132. The Morgan fingerprint density at radius 3 is 2.37 bits per heavy atom. The van der Waals surface area contributed by atoms with E-state index in [4.69, 9.17) is 10.2 Å². The monoisotopic (exact) mass is 258 g/mol. The van der Waals surface area contributed by atoms with Gasteiger partial charge in [0.25, 0.3) is 0 Å². The lowest BCUT2D eigenvalue weighted by molar-refractivity contribution is 0.482. The summed E-state index contributed by atoms with van der Waals surface area (Å²) in [5, 5.41) is 0. The number of nitrogens with two attached hydrogens (primary N) is 1. The molecule has 1 aromatic carbocycles. The smallest absolute Gasteiger partial charge is 0.123 e. The number of hydrogen-bond acceptors (Lipinski definition) is 3. The van der Waals surface area contributed by atoms with Crippen molar-refractivity contribution in [2.24, 2.45) is 5.73 Å². The van der Waals surface area contributed by atoms with Gasteiger partial charge >= 0.3 is 0 Å². The molecule has 1 unspecified atom stereocenters. The van der Waals surface area contributed by atoms with E-state index in [9.17, 15) is 0 Å². The molecule has 0 amide bonds. The van der Waals surface area contributed by atoms with Gasteiger partial charge < -0.3 is 15.1 Å². The highest BCUT2D eigenvalue weighted by molar-refractivity contribution is 5.47. The van der Waals surface area contributed by atoms with Crippen molar-refractivity contribution in [1.82, 2.24) is 0 Å². The molecule has 19 heavy (non-hydrogen) atoms. The largest absolute Gasteiger partial charge is 0.464 e. The van der Waals surface area contributed by atoms with Gasteiger partial charge in [-0.15, -0.1) is 0 Å². The zero-order valence-corrected chi connectivity index (χ0v) is 11.9. The number of nitrogens with zero attached hydrogens (tertiary/aromatic N) is 1. The number of aryl methyl sites for hydroxylation is 1. The fraction of sp³-hybridized carbons (Fsp3) is 0.375. The molecule has 2 N–H and O–H groups in total. The minimum absolute atomic E-state index is 0.132. The summed E-state index contributed by atoms with van der Waals surface area (Å²) in [6.07, 6.45) is 0.959. The van der Waals surface area contributed by atoms with E-state index in [0.717, 1.165) is 24.5 Å². The molecule has 1 heterocycles. The van der Waals surface area contributed by atoms with Gasteiger partial charge in [0.1, 0.15) is 11.5 Å². The second-order valence-corrected chi connectivity index (χ2v) is 4.97. The highest BCUT2D eigenvalue weighted by atomic mass is 16.3. The Morgan fingerprint density at radius 2 is 1.84 bits per heavy atom. The molecule has 0 saturated carbocycles. The van der Waals surface area contributed by atoms with E-state index in [2.05, 4.69) is 43.1 Å². The summed E-state index contributed by atoms with van der Waals surface area (Å²) < 4.78 is 5.59. The van der Waals surface area contributed by atoms with E-state index in [1.165, 1.54) is 11.3 Å². The quantitative estimate of drug-likeness (QED) is 0.890. The third-order valence-electron chi connectivity index (χ3n) is 3.39. The first-order valence-corrected chi connectivity index (χ1v) is 6.72. The topological polar surface area (TPSA) is 42.4 Å². The molecular weight excluding hydrogens is 236 g/mol. The van der Waals surface area contributed by atoms with Gasteiger partial charge in [-0.2, -0.15) is 0 Å². The van der Waals surface area contributed by atoms with Crippen molar-refractivity contribution >= 4 is 5.69 Å². The van der Waals surface area contributed by atoms with Crippen LogP contribution >= 0.6 is 0 Å². The number of benzene rings is 1. The standard InChI is InChI=1S/C16H22N2O/c1-4-16(17)13-6-8-14(9-7-13)18(3)11-15-10-5-12(2)19-15/h5-10,16H,4,11,17H2,1-3H3. The lowest BCUT2D eigenvalue weighted by Gasteiger charge is -2.19. The van der Waals surface area contributed by atoms with Crippen LogP contribution in [0.4, 0.5) is 5.69 Å². The summed E-state index contributed by atoms with van der Waals surface area (Å²) in [7, 11) is 2.06. The van der Waals surface area contributed by atoms with E-state index in [1.807, 2.05) is 19.1 Å². The maximum Gasteiger partial charge on any atom is 0.123 e. The van der Waals surface area contributed by atoms with Crippen LogP contribution in [0.1, 0.15) is 36.5 Å². The summed E-state index contributed by atoms with van der Waals surface area (Å²) in [4.78, 5) is 2.17. The lowest BCUT2D eigenvalue weighted by Crippen LogP contribution is -2.16. The van der Waals surface area contributed by atoms with Crippen molar-refractivity contribution in [2.75, 3.05) is 11.9 Å². The second kappa shape index (κ2) is 5.93. The normalized spacial score (nSPS) is 12.4. The van der Waals surface area contributed by atoms with Crippen LogP contribution in [-0.2, 0) is 6.54 Å². The molecule has 0 aliphatic heterocycles. The summed E-state index contributed by atoms with van der Waals surface area (Å²) in [6.45, 7) is 4.83. The van der Waals surface area contributed by atoms with Crippen molar-refractivity contribution < 1.29 is 4.42 Å². The van der Waals surface area contributed by atoms with Gasteiger partial charge in [0.15, 0.2) is 0 Å². The van der Waals surface area contributed by atoms with Crippen molar-refractivity contribution in [3.8, 4) is 0 Å². The van der Waals surface area contributed by atoms with Crippen LogP contribution in [0.5, 0.6) is 0 Å². The molecule has 3 nitrogen and oxygen atoms in total. The van der Waals surface area contributed by atoms with Crippen molar-refractivity contribution in [1.29, 1.82) is 0 Å². The van der Waals surface area contributed by atoms with Gasteiger partial charge in [-0.3, -0.25) is 0 Å². The summed E-state index contributed by atoms with van der Waals surface area (Å²) >= 11 is 0. The fourth-order valence-corrected chi connectivity index (χ4v) is 2.11. The number of rotatable bonds is 5. The molecule has 3 heteroatoms. The molecule has 2 aromatic rings. The van der Waals surface area contributed by atoms with Gasteiger partial charge in [0.05, 0.1) is 6.54 Å². The predicted octanol–water partition coefficient (Wildman–Crippen LogP) is 3.63. The summed E-state index contributed by atoms with van der Waals surface area (Å²) in [5.41, 5.74) is 8.37. The SMILES string of the molecule is CCC(N)c1ccc(N(C)Cc2ccc(C)o2)cc1. The van der Waals surface area contributed by atoms with Crippen LogP contribution in [0.25, 0.3) is 0 Å². The molecule has 0 spiro atoms. The Morgan fingerprint density at radius 1 is 1.16 bits per heavy atom. The first-order valence-electron chi connectivity index (χ1n) is 6.72. The predicted molar refractivity (Wildman–Crippen MR) is 79.2 cm³/mol. The van der Waals surface area contributed by atoms with Crippen molar-refractivity contribution in [3.05, 3.63) is 53.5 Å². The van der Waals surface area contributed by atoms with Crippen LogP contribution in [0.2, 0.25) is 0 Å². The van der Waals surface area contributed by atoms with E-state index in [0.29, 0.717) is 0 Å². The van der Waals surface area contributed by atoms with E-state index >= 15 is 0 Å². The van der Waals surface area contributed by atoms with Crippen molar-refractivity contribution in [3.63, 3.8) is 0 Å². The molecule has 0 fully saturated rings. The number of anilines is 1. The molecule has 0 saturated heterocycles. The average Bonchev–Trinajstić information content (AvgIpc) is 2.83. The van der Waals surface area contributed by atoms with Crippen LogP contribution in [0.3, 0.4) is 0 Å². The Labute approximate surface area is 115 Å².